The quantitative estimate of drug-likeness (QED) is 0.168. The number of fused-ring (bicyclic) bond motifs is 11. The molecule has 10 aromatic carbocycles. The minimum Gasteiger partial charge on any atom is -0.454 e. The van der Waals surface area contributed by atoms with Crippen molar-refractivity contribution in [2.45, 2.75) is 0 Å². The summed E-state index contributed by atoms with van der Waals surface area (Å²) in [6.45, 7) is 0. The molecule has 0 atom stereocenters. The van der Waals surface area contributed by atoms with Crippen molar-refractivity contribution in [2.75, 3.05) is 9.80 Å². The maximum absolute atomic E-state index is 7.00. The fourth-order valence-corrected chi connectivity index (χ4v) is 10.3. The van der Waals surface area contributed by atoms with E-state index in [1.54, 1.807) is 0 Å². The van der Waals surface area contributed by atoms with Crippen LogP contribution >= 0.6 is 11.3 Å². The second-order valence-electron chi connectivity index (χ2n) is 14.9. The molecule has 4 heteroatoms. The third-order valence-corrected chi connectivity index (χ3v) is 12.7. The molecule has 12 rings (SSSR count). The first-order valence-electron chi connectivity index (χ1n) is 19.7. The first-order valence-corrected chi connectivity index (χ1v) is 20.5. The van der Waals surface area contributed by atoms with Gasteiger partial charge in [-0.2, -0.15) is 0 Å². The van der Waals surface area contributed by atoms with Crippen LogP contribution in [0, 0.1) is 0 Å². The molecule has 0 bridgehead atoms. The number of hydrogen-bond donors (Lipinski definition) is 0. The van der Waals surface area contributed by atoms with Crippen LogP contribution in [0.4, 0.5) is 34.1 Å². The van der Waals surface area contributed by atoms with Crippen molar-refractivity contribution >= 4 is 120 Å². The highest BCUT2D eigenvalue weighted by Gasteiger charge is 2.23. The van der Waals surface area contributed by atoms with Crippen molar-refractivity contribution in [3.63, 3.8) is 0 Å². The highest BCUT2D eigenvalue weighted by atomic mass is 32.1. The second-order valence-corrected chi connectivity index (χ2v) is 15.9. The molecule has 0 aliphatic rings. The fraction of sp³-hybridized carbons (Fsp3) is 0. The zero-order chi connectivity index (χ0) is 38.2. The van der Waals surface area contributed by atoms with Crippen molar-refractivity contribution in [1.82, 2.24) is 0 Å². The predicted octanol–water partition coefficient (Wildman–Crippen LogP) is 16.4. The van der Waals surface area contributed by atoms with Crippen LogP contribution in [0.25, 0.3) is 74.4 Å². The number of furan rings is 1. The Morgan fingerprint density at radius 3 is 1.57 bits per heavy atom. The smallest absolute Gasteiger partial charge is 0.153 e. The van der Waals surface area contributed by atoms with Crippen LogP contribution in [0.15, 0.2) is 211 Å². The molecule has 0 unspecified atom stereocenters. The average Bonchev–Trinajstić information content (AvgIpc) is 3.86. The molecule has 3 nitrogen and oxygen atoms in total. The second kappa shape index (κ2) is 13.1. The van der Waals surface area contributed by atoms with Crippen molar-refractivity contribution in [3.8, 4) is 0 Å². The number of para-hydroxylation sites is 2. The largest absolute Gasteiger partial charge is 0.454 e. The Hall–Kier alpha value is -7.40. The normalized spacial score (nSPS) is 11.8. The van der Waals surface area contributed by atoms with Gasteiger partial charge in [-0.3, -0.25) is 0 Å². The Morgan fingerprint density at radius 1 is 0.345 bits per heavy atom. The van der Waals surface area contributed by atoms with Gasteiger partial charge < -0.3 is 14.2 Å². The minimum atomic E-state index is 0.871. The third-order valence-electron chi connectivity index (χ3n) is 11.6. The van der Waals surface area contributed by atoms with Crippen LogP contribution in [0.3, 0.4) is 0 Å². The fourth-order valence-electron chi connectivity index (χ4n) is 9.02. The molecule has 0 aliphatic heterocycles. The summed E-state index contributed by atoms with van der Waals surface area (Å²) in [6, 6.07) is 74.2. The number of thiophene rings is 1. The summed E-state index contributed by atoms with van der Waals surface area (Å²) in [5.74, 6) is 0. The number of rotatable bonds is 6. The van der Waals surface area contributed by atoms with Crippen molar-refractivity contribution < 1.29 is 4.42 Å². The Bertz CT molecular complexity index is 3520. The SMILES string of the molecule is c1ccc(N(c2ccc3c(c2)oc2c3ccc3c2sc2cc(N(c4ccccc4)c4cccc5ccccc45)c4ccccc4c23)c2cccc3ccccc23)cc1. The van der Waals surface area contributed by atoms with E-state index in [-0.39, 0.29) is 0 Å². The molecule has 0 fully saturated rings. The molecule has 2 aromatic heterocycles. The topological polar surface area (TPSA) is 19.6 Å². The van der Waals surface area contributed by atoms with Gasteiger partial charge in [-0.05, 0) is 76.8 Å². The predicted molar refractivity (Wildman–Crippen MR) is 248 cm³/mol. The number of benzene rings is 10. The van der Waals surface area contributed by atoms with Gasteiger partial charge in [0.15, 0.2) is 5.58 Å². The number of anilines is 6. The Labute approximate surface area is 338 Å². The Balaban J connectivity index is 1.08. The van der Waals surface area contributed by atoms with Crippen molar-refractivity contribution in [2.24, 2.45) is 0 Å². The molecule has 2 heterocycles. The van der Waals surface area contributed by atoms with Crippen molar-refractivity contribution in [3.05, 3.63) is 206 Å². The molecule has 0 saturated carbocycles. The van der Waals surface area contributed by atoms with Gasteiger partial charge in [-0.25, -0.2) is 0 Å². The summed E-state index contributed by atoms with van der Waals surface area (Å²) in [5.41, 5.74) is 8.49. The molecule has 0 aliphatic carbocycles. The van der Waals surface area contributed by atoms with E-state index in [9.17, 15) is 0 Å². The monoisotopic (exact) mass is 758 g/mol. The van der Waals surface area contributed by atoms with E-state index in [1.165, 1.54) is 47.8 Å². The van der Waals surface area contributed by atoms with Gasteiger partial charge in [0, 0.05) is 65.5 Å². The van der Waals surface area contributed by atoms with E-state index >= 15 is 0 Å². The summed E-state index contributed by atoms with van der Waals surface area (Å²) in [7, 11) is 0. The summed E-state index contributed by atoms with van der Waals surface area (Å²) in [5, 5.41) is 12.0. The standard InChI is InChI=1S/C54H34N2OS/c1-3-19-37(20-4-1)55(47-27-13-17-35-15-7-9-23-40(35)47)39-29-30-43-45-31-32-46-52-44-26-12-11-25-42(44)49(34-51(52)58-54(46)53(45)57-50(43)33-39)56(38-21-5-2-6-22-38)48-28-14-18-36-16-8-10-24-41(36)48/h1-34H. The van der Waals surface area contributed by atoms with Crippen LogP contribution in [0.1, 0.15) is 0 Å². The molecule has 0 N–H and O–H groups in total. The maximum Gasteiger partial charge on any atom is 0.153 e. The van der Waals surface area contributed by atoms with Crippen LogP contribution in [-0.2, 0) is 0 Å². The van der Waals surface area contributed by atoms with Gasteiger partial charge in [0.25, 0.3) is 0 Å². The van der Waals surface area contributed by atoms with Crippen molar-refractivity contribution in [1.29, 1.82) is 0 Å². The highest BCUT2D eigenvalue weighted by molar-refractivity contribution is 7.26. The molecule has 0 radical (unpaired) electrons. The lowest BCUT2D eigenvalue weighted by Crippen LogP contribution is -2.11. The Kier molecular flexibility index (Phi) is 7.40. The van der Waals surface area contributed by atoms with Gasteiger partial charge in [-0.15, -0.1) is 11.3 Å². The maximum atomic E-state index is 7.00. The van der Waals surface area contributed by atoms with Crippen LogP contribution < -0.4 is 9.80 Å². The van der Waals surface area contributed by atoms with Gasteiger partial charge in [0.2, 0.25) is 0 Å². The van der Waals surface area contributed by atoms with Gasteiger partial charge in [0.1, 0.15) is 5.58 Å². The van der Waals surface area contributed by atoms with E-state index in [4.69, 9.17) is 4.42 Å². The van der Waals surface area contributed by atoms with Gasteiger partial charge in [-0.1, -0.05) is 140 Å². The molecule has 0 saturated heterocycles. The lowest BCUT2D eigenvalue weighted by atomic mass is 9.99. The zero-order valence-corrected chi connectivity index (χ0v) is 32.2. The average molecular weight is 759 g/mol. The minimum absolute atomic E-state index is 0.871. The summed E-state index contributed by atoms with van der Waals surface area (Å²) >= 11 is 1.82. The molecular formula is C54H34N2OS. The van der Waals surface area contributed by atoms with Crippen LogP contribution in [0.2, 0.25) is 0 Å². The van der Waals surface area contributed by atoms with E-state index in [1.807, 2.05) is 11.3 Å². The summed E-state index contributed by atoms with van der Waals surface area (Å²) in [4.78, 5) is 4.77. The zero-order valence-electron chi connectivity index (χ0n) is 31.3. The van der Waals surface area contributed by atoms with Gasteiger partial charge in [0.05, 0.1) is 21.8 Å². The molecular weight excluding hydrogens is 725 g/mol. The lowest BCUT2D eigenvalue weighted by Gasteiger charge is -2.28. The molecule has 12 aromatic rings. The first-order chi connectivity index (χ1) is 28.8. The van der Waals surface area contributed by atoms with Crippen LogP contribution in [0.5, 0.6) is 0 Å². The lowest BCUT2D eigenvalue weighted by molar-refractivity contribution is 0.673. The third kappa shape index (κ3) is 5.05. The summed E-state index contributed by atoms with van der Waals surface area (Å²) < 4.78 is 9.39. The highest BCUT2D eigenvalue weighted by Crippen LogP contribution is 2.50. The number of nitrogens with zero attached hydrogens (tertiary/aromatic N) is 2. The molecule has 0 amide bonds. The number of hydrogen-bond acceptors (Lipinski definition) is 4. The van der Waals surface area contributed by atoms with Crippen LogP contribution in [-0.4, -0.2) is 0 Å². The van der Waals surface area contributed by atoms with E-state index in [0.717, 1.165) is 60.8 Å². The van der Waals surface area contributed by atoms with E-state index in [0.29, 0.717) is 0 Å². The Morgan fingerprint density at radius 2 is 0.879 bits per heavy atom. The van der Waals surface area contributed by atoms with Gasteiger partial charge >= 0.3 is 0 Å². The van der Waals surface area contributed by atoms with E-state index < -0.39 is 0 Å². The molecule has 58 heavy (non-hydrogen) atoms. The molecule has 0 spiro atoms. The molecule has 272 valence electrons. The first kappa shape index (κ1) is 32.8. The summed E-state index contributed by atoms with van der Waals surface area (Å²) in [6.07, 6.45) is 0. The van der Waals surface area contributed by atoms with E-state index in [2.05, 4.69) is 216 Å².